The van der Waals surface area contributed by atoms with E-state index >= 15 is 0 Å². The van der Waals surface area contributed by atoms with Crippen LogP contribution in [0, 0.1) is 29.1 Å². The highest BCUT2D eigenvalue weighted by atomic mass is 19.2. The van der Waals surface area contributed by atoms with Crippen molar-refractivity contribution in [1.29, 1.82) is 0 Å². The molecule has 1 aliphatic heterocycles. The lowest BCUT2D eigenvalue weighted by molar-refractivity contribution is -0.252. The smallest absolute Gasteiger partial charge is 0.257 e. The van der Waals surface area contributed by atoms with E-state index in [2.05, 4.69) is 16.8 Å². The summed E-state index contributed by atoms with van der Waals surface area (Å²) < 4.78 is 81.9. The second-order valence-corrected chi connectivity index (χ2v) is 11.3. The van der Waals surface area contributed by atoms with Crippen molar-refractivity contribution in [3.05, 3.63) is 142 Å². The van der Waals surface area contributed by atoms with Gasteiger partial charge in [0.1, 0.15) is 5.56 Å². The standard InChI is InChI=1S/C36H33F5N2O4/c1-3-16-43(2)19-26-17-28(23-10-8-21(20-44)9-11-23)47-36(46-26)24-14-12-22(13-15-24)27-7-5-4-6-25(27)18-42-35(45)29-30(37)32(39)34(41)33(40)31(29)38/h3-15,26,28,36,44H,1,16-20H2,2H3,(H,42,45)/t26-,28+,36+/m1/s1. The van der Waals surface area contributed by atoms with E-state index in [1.165, 1.54) is 0 Å². The van der Waals surface area contributed by atoms with Gasteiger partial charge in [-0.3, -0.25) is 4.79 Å². The number of rotatable bonds is 11. The van der Waals surface area contributed by atoms with Crippen molar-refractivity contribution in [3.63, 3.8) is 0 Å². The van der Waals surface area contributed by atoms with E-state index in [0.29, 0.717) is 30.6 Å². The Labute approximate surface area is 269 Å². The number of ether oxygens (including phenoxy) is 2. The van der Waals surface area contributed by atoms with Gasteiger partial charge in [0.05, 0.1) is 18.8 Å². The monoisotopic (exact) mass is 652 g/mol. The summed E-state index contributed by atoms with van der Waals surface area (Å²) in [5.41, 5.74) is 2.93. The van der Waals surface area contributed by atoms with Gasteiger partial charge in [0.25, 0.3) is 5.91 Å². The fraction of sp³-hybridized carbons (Fsp3) is 0.250. The first kappa shape index (κ1) is 33.9. The molecule has 47 heavy (non-hydrogen) atoms. The number of benzene rings is 4. The highest BCUT2D eigenvalue weighted by Gasteiger charge is 2.33. The molecule has 6 nitrogen and oxygen atoms in total. The molecule has 1 aliphatic rings. The number of carbonyl (C=O) groups excluding carboxylic acids is 1. The summed E-state index contributed by atoms with van der Waals surface area (Å²) in [5.74, 6) is -12.6. The minimum atomic E-state index is -2.34. The first-order valence-corrected chi connectivity index (χ1v) is 14.9. The maximum Gasteiger partial charge on any atom is 0.257 e. The van der Waals surface area contributed by atoms with Crippen molar-refractivity contribution < 1.29 is 41.3 Å². The summed E-state index contributed by atoms with van der Waals surface area (Å²) in [6.07, 6.45) is 1.35. The predicted octanol–water partition coefficient (Wildman–Crippen LogP) is 7.13. The fourth-order valence-electron chi connectivity index (χ4n) is 5.52. The number of halogens is 5. The van der Waals surface area contributed by atoms with Crippen molar-refractivity contribution in [3.8, 4) is 11.1 Å². The molecule has 1 amide bonds. The summed E-state index contributed by atoms with van der Waals surface area (Å²) >= 11 is 0. The number of aliphatic hydroxyl groups excluding tert-OH is 1. The predicted molar refractivity (Wildman–Crippen MR) is 165 cm³/mol. The summed E-state index contributed by atoms with van der Waals surface area (Å²) in [5, 5.41) is 11.7. The van der Waals surface area contributed by atoms with Gasteiger partial charge in [0.2, 0.25) is 5.82 Å². The molecular formula is C36H33F5N2O4. The molecule has 0 spiro atoms. The molecule has 5 rings (SSSR count). The SMILES string of the molecule is C=CCN(C)C[C@H]1C[C@@H](c2ccc(CO)cc2)O[C@@H](c2ccc(-c3ccccc3CNC(=O)c3c(F)c(F)c(F)c(F)c3F)cc2)O1. The average molecular weight is 653 g/mol. The van der Waals surface area contributed by atoms with Crippen molar-refractivity contribution >= 4 is 5.91 Å². The van der Waals surface area contributed by atoms with Gasteiger partial charge >= 0.3 is 0 Å². The lowest BCUT2D eigenvalue weighted by Crippen LogP contribution is -2.37. The number of carbonyl (C=O) groups is 1. The molecule has 1 saturated heterocycles. The zero-order valence-electron chi connectivity index (χ0n) is 25.5. The molecule has 0 radical (unpaired) electrons. The summed E-state index contributed by atoms with van der Waals surface area (Å²) in [6.45, 7) is 4.85. The van der Waals surface area contributed by atoms with Crippen LogP contribution in [0.4, 0.5) is 22.0 Å². The van der Waals surface area contributed by atoms with Gasteiger partial charge in [-0.1, -0.05) is 78.9 Å². The molecule has 3 atom stereocenters. The first-order valence-electron chi connectivity index (χ1n) is 14.9. The normalized spacial score (nSPS) is 17.9. The third-order valence-corrected chi connectivity index (χ3v) is 7.96. The molecule has 0 aliphatic carbocycles. The Hall–Kier alpha value is -4.42. The second kappa shape index (κ2) is 15.0. The molecule has 11 heteroatoms. The van der Waals surface area contributed by atoms with E-state index in [-0.39, 0.29) is 25.4 Å². The van der Waals surface area contributed by atoms with E-state index < -0.39 is 46.8 Å². The molecule has 246 valence electrons. The quantitative estimate of drug-likeness (QED) is 0.0781. The highest BCUT2D eigenvalue weighted by Crippen LogP contribution is 2.39. The van der Waals surface area contributed by atoms with Crippen molar-refractivity contribution in [2.45, 2.75) is 38.1 Å². The second-order valence-electron chi connectivity index (χ2n) is 11.3. The third-order valence-electron chi connectivity index (χ3n) is 7.96. The summed E-state index contributed by atoms with van der Waals surface area (Å²) in [6, 6.07) is 21.9. The number of amides is 1. The number of hydrogen-bond acceptors (Lipinski definition) is 5. The van der Waals surface area contributed by atoms with Crippen LogP contribution in [0.25, 0.3) is 11.1 Å². The Morgan fingerprint density at radius 1 is 0.894 bits per heavy atom. The largest absolute Gasteiger partial charge is 0.392 e. The van der Waals surface area contributed by atoms with E-state index in [9.17, 15) is 31.9 Å². The fourth-order valence-corrected chi connectivity index (χ4v) is 5.52. The van der Waals surface area contributed by atoms with Crippen LogP contribution in [0.15, 0.2) is 85.5 Å². The molecule has 0 bridgehead atoms. The molecule has 1 heterocycles. The van der Waals surface area contributed by atoms with Gasteiger partial charge in [0, 0.05) is 31.6 Å². The molecule has 0 saturated carbocycles. The molecule has 4 aromatic rings. The Morgan fingerprint density at radius 3 is 2.15 bits per heavy atom. The van der Waals surface area contributed by atoms with E-state index in [0.717, 1.165) is 22.3 Å². The van der Waals surface area contributed by atoms with Crippen LogP contribution in [0.1, 0.15) is 51.4 Å². The van der Waals surface area contributed by atoms with Crippen molar-refractivity contribution in [2.24, 2.45) is 0 Å². The summed E-state index contributed by atoms with van der Waals surface area (Å²) in [7, 11) is 1.98. The Kier molecular flexibility index (Phi) is 10.8. The van der Waals surface area contributed by atoms with E-state index in [4.69, 9.17) is 9.47 Å². The zero-order chi connectivity index (χ0) is 33.7. The van der Waals surface area contributed by atoms with Gasteiger partial charge in [0.15, 0.2) is 29.6 Å². The highest BCUT2D eigenvalue weighted by molar-refractivity contribution is 5.95. The van der Waals surface area contributed by atoms with Crippen LogP contribution in [-0.4, -0.2) is 42.2 Å². The maximum absolute atomic E-state index is 14.2. The van der Waals surface area contributed by atoms with Gasteiger partial charge in [-0.05, 0) is 34.9 Å². The maximum atomic E-state index is 14.2. The molecule has 2 N–H and O–H groups in total. The minimum Gasteiger partial charge on any atom is -0.392 e. The number of hydrogen-bond donors (Lipinski definition) is 2. The van der Waals surface area contributed by atoms with Gasteiger partial charge < -0.3 is 24.8 Å². The van der Waals surface area contributed by atoms with E-state index in [1.54, 1.807) is 24.3 Å². The van der Waals surface area contributed by atoms with Crippen LogP contribution in [0.5, 0.6) is 0 Å². The van der Waals surface area contributed by atoms with Gasteiger partial charge in [-0.25, -0.2) is 22.0 Å². The Balaban J connectivity index is 1.35. The molecule has 4 aromatic carbocycles. The first-order chi connectivity index (χ1) is 22.6. The third kappa shape index (κ3) is 7.60. The van der Waals surface area contributed by atoms with Gasteiger partial charge in [-0.2, -0.15) is 0 Å². The lowest BCUT2D eigenvalue weighted by atomic mass is 9.97. The Bertz CT molecular complexity index is 1700. The number of nitrogens with one attached hydrogen (secondary N) is 1. The molecule has 0 unspecified atom stereocenters. The molecular weight excluding hydrogens is 619 g/mol. The zero-order valence-corrected chi connectivity index (χ0v) is 25.5. The topological polar surface area (TPSA) is 71.0 Å². The van der Waals surface area contributed by atoms with Crippen LogP contribution in [-0.2, 0) is 22.6 Å². The summed E-state index contributed by atoms with van der Waals surface area (Å²) in [4.78, 5) is 14.6. The average Bonchev–Trinajstić information content (AvgIpc) is 3.09. The van der Waals surface area contributed by atoms with Crippen LogP contribution >= 0.6 is 0 Å². The van der Waals surface area contributed by atoms with E-state index in [1.807, 2.05) is 61.7 Å². The number of aliphatic hydroxyl groups is 1. The molecule has 1 fully saturated rings. The van der Waals surface area contributed by atoms with Crippen molar-refractivity contribution in [1.82, 2.24) is 10.2 Å². The van der Waals surface area contributed by atoms with Crippen molar-refractivity contribution in [2.75, 3.05) is 20.1 Å². The number of nitrogens with zero attached hydrogens (tertiary/aromatic N) is 1. The molecule has 0 aromatic heterocycles. The van der Waals surface area contributed by atoms with Crippen LogP contribution < -0.4 is 5.32 Å². The minimum absolute atomic E-state index is 0.0559. The van der Waals surface area contributed by atoms with Crippen LogP contribution in [0.3, 0.4) is 0 Å². The van der Waals surface area contributed by atoms with Crippen LogP contribution in [0.2, 0.25) is 0 Å². The lowest BCUT2D eigenvalue weighted by Gasteiger charge is -2.37. The Morgan fingerprint density at radius 2 is 1.51 bits per heavy atom. The van der Waals surface area contributed by atoms with Gasteiger partial charge in [-0.15, -0.1) is 6.58 Å². The number of likely N-dealkylation sites (N-methyl/N-ethyl adjacent to an activating group) is 1.